The molecule has 0 saturated carbocycles. The number of anilines is 4. The van der Waals surface area contributed by atoms with Crippen LogP contribution in [0.25, 0.3) is 0 Å². The molecule has 2 heterocycles. The Kier molecular flexibility index (Phi) is 5.92. The normalized spacial score (nSPS) is 13.4. The predicted octanol–water partition coefficient (Wildman–Crippen LogP) is 3.71. The maximum atomic E-state index is 11.9. The molecule has 1 aliphatic rings. The van der Waals surface area contributed by atoms with E-state index in [1.807, 2.05) is 18.2 Å². The number of para-hydroxylation sites is 1. The van der Waals surface area contributed by atoms with Crippen molar-refractivity contribution in [3.8, 4) is 5.75 Å². The highest BCUT2D eigenvalue weighted by molar-refractivity contribution is 6.33. The fraction of sp³-hybridized carbons (Fsp3) is 0.227. The Bertz CT molecular complexity index is 1140. The first-order valence-electron chi connectivity index (χ1n) is 9.78. The van der Waals surface area contributed by atoms with Crippen LogP contribution in [0.3, 0.4) is 0 Å². The minimum atomic E-state index is -0.643. The van der Waals surface area contributed by atoms with E-state index in [0.29, 0.717) is 22.4 Å². The standard InChI is InChI=1S/C22H23ClN6O2/c1-29-8-7-13-10-19(31-2)18(9-14(13)12-29)27-22-25-11-15(20(24)30)21(28-22)26-17-6-4-3-5-16(17)23/h3-6,9-11H,7-8,12H2,1-2H3,(H2,24,30)(H2,25,26,27,28). The van der Waals surface area contributed by atoms with Gasteiger partial charge in [0.15, 0.2) is 0 Å². The van der Waals surface area contributed by atoms with Crippen LogP contribution in [0.15, 0.2) is 42.6 Å². The molecule has 0 unspecified atom stereocenters. The van der Waals surface area contributed by atoms with Crippen LogP contribution in [0.5, 0.6) is 5.75 Å². The number of rotatable bonds is 6. The van der Waals surface area contributed by atoms with Gasteiger partial charge in [0.05, 0.1) is 23.5 Å². The van der Waals surface area contributed by atoms with Crippen LogP contribution >= 0.6 is 11.6 Å². The zero-order chi connectivity index (χ0) is 22.0. The predicted molar refractivity (Wildman–Crippen MR) is 122 cm³/mol. The lowest BCUT2D eigenvalue weighted by molar-refractivity contribution is 0.100. The number of hydrogen-bond acceptors (Lipinski definition) is 7. The molecule has 1 aliphatic heterocycles. The molecule has 8 nitrogen and oxygen atoms in total. The molecule has 0 spiro atoms. The highest BCUT2D eigenvalue weighted by atomic mass is 35.5. The number of carbonyl (C=O) groups is 1. The highest BCUT2D eigenvalue weighted by Gasteiger charge is 2.18. The number of nitrogens with two attached hydrogens (primary N) is 1. The van der Waals surface area contributed by atoms with Crippen molar-refractivity contribution in [2.75, 3.05) is 31.3 Å². The van der Waals surface area contributed by atoms with Crippen LogP contribution in [0.1, 0.15) is 21.5 Å². The fourth-order valence-corrected chi connectivity index (χ4v) is 3.71. The minimum Gasteiger partial charge on any atom is -0.495 e. The number of carbonyl (C=O) groups excluding carboxylic acids is 1. The van der Waals surface area contributed by atoms with Gasteiger partial charge in [-0.1, -0.05) is 23.7 Å². The molecule has 9 heteroatoms. The molecule has 31 heavy (non-hydrogen) atoms. The lowest BCUT2D eigenvalue weighted by Gasteiger charge is -2.26. The number of halogens is 1. The zero-order valence-electron chi connectivity index (χ0n) is 17.3. The number of amides is 1. The summed E-state index contributed by atoms with van der Waals surface area (Å²) in [5.74, 6) is 0.610. The van der Waals surface area contributed by atoms with Gasteiger partial charge in [0.25, 0.3) is 5.91 Å². The molecule has 4 N–H and O–H groups in total. The molecule has 3 aromatic rings. The number of hydrogen-bond donors (Lipinski definition) is 3. The summed E-state index contributed by atoms with van der Waals surface area (Å²) in [4.78, 5) is 22.9. The first kappa shape index (κ1) is 20.9. The molecule has 0 saturated heterocycles. The van der Waals surface area contributed by atoms with Gasteiger partial charge >= 0.3 is 0 Å². The van der Waals surface area contributed by atoms with Gasteiger partial charge in [0.1, 0.15) is 17.1 Å². The van der Waals surface area contributed by atoms with Crippen LogP contribution in [-0.2, 0) is 13.0 Å². The average molecular weight is 439 g/mol. The van der Waals surface area contributed by atoms with Crippen molar-refractivity contribution in [1.29, 1.82) is 0 Å². The summed E-state index contributed by atoms with van der Waals surface area (Å²) in [5.41, 5.74) is 9.50. The Labute approximate surface area is 185 Å². The molecule has 4 rings (SSSR count). The monoisotopic (exact) mass is 438 g/mol. The lowest BCUT2D eigenvalue weighted by atomic mass is 9.99. The third-order valence-corrected chi connectivity index (χ3v) is 5.48. The highest BCUT2D eigenvalue weighted by Crippen LogP contribution is 2.33. The van der Waals surface area contributed by atoms with Crippen LogP contribution in [0.2, 0.25) is 5.02 Å². The lowest BCUT2D eigenvalue weighted by Crippen LogP contribution is -2.26. The number of likely N-dealkylation sites (N-methyl/N-ethyl adjacent to an activating group) is 1. The Morgan fingerprint density at radius 3 is 2.74 bits per heavy atom. The maximum Gasteiger partial charge on any atom is 0.254 e. The van der Waals surface area contributed by atoms with E-state index in [2.05, 4.69) is 38.6 Å². The second kappa shape index (κ2) is 8.79. The van der Waals surface area contributed by atoms with E-state index in [4.69, 9.17) is 22.1 Å². The van der Waals surface area contributed by atoms with E-state index in [9.17, 15) is 4.79 Å². The molecule has 2 aromatic carbocycles. The summed E-state index contributed by atoms with van der Waals surface area (Å²) < 4.78 is 5.58. The van der Waals surface area contributed by atoms with E-state index in [0.717, 1.165) is 25.2 Å². The van der Waals surface area contributed by atoms with E-state index >= 15 is 0 Å². The van der Waals surface area contributed by atoms with E-state index in [1.165, 1.54) is 17.3 Å². The van der Waals surface area contributed by atoms with Crippen molar-refractivity contribution < 1.29 is 9.53 Å². The molecule has 1 aromatic heterocycles. The van der Waals surface area contributed by atoms with Crippen molar-refractivity contribution in [1.82, 2.24) is 14.9 Å². The Hall–Kier alpha value is -3.36. The van der Waals surface area contributed by atoms with Gasteiger partial charge in [-0.3, -0.25) is 4.79 Å². The summed E-state index contributed by atoms with van der Waals surface area (Å²) in [6.07, 6.45) is 2.35. The van der Waals surface area contributed by atoms with Crippen molar-refractivity contribution in [2.24, 2.45) is 5.73 Å². The van der Waals surface area contributed by atoms with Crippen molar-refractivity contribution in [2.45, 2.75) is 13.0 Å². The third-order valence-electron chi connectivity index (χ3n) is 5.15. The number of primary amides is 1. The summed E-state index contributed by atoms with van der Waals surface area (Å²) in [6.45, 7) is 1.87. The summed E-state index contributed by atoms with van der Waals surface area (Å²) in [7, 11) is 3.72. The van der Waals surface area contributed by atoms with Crippen LogP contribution in [0.4, 0.5) is 23.1 Å². The minimum absolute atomic E-state index is 0.157. The van der Waals surface area contributed by atoms with Gasteiger partial charge in [0.2, 0.25) is 5.95 Å². The molecule has 1 amide bonds. The second-order valence-electron chi connectivity index (χ2n) is 7.36. The smallest absolute Gasteiger partial charge is 0.254 e. The molecule has 0 aliphatic carbocycles. The number of benzene rings is 2. The molecule has 160 valence electrons. The molecule has 0 atom stereocenters. The van der Waals surface area contributed by atoms with Gasteiger partial charge in [-0.05, 0) is 48.9 Å². The van der Waals surface area contributed by atoms with Gasteiger partial charge in [-0.25, -0.2) is 4.98 Å². The average Bonchev–Trinajstić information content (AvgIpc) is 2.75. The van der Waals surface area contributed by atoms with Gasteiger partial charge < -0.3 is 26.0 Å². The number of nitrogens with zero attached hydrogens (tertiary/aromatic N) is 3. The Morgan fingerprint density at radius 1 is 1.19 bits per heavy atom. The number of fused-ring (bicyclic) bond motifs is 1. The van der Waals surface area contributed by atoms with Gasteiger partial charge in [0, 0.05) is 19.3 Å². The molecular formula is C22H23ClN6O2. The first-order chi connectivity index (χ1) is 14.9. The van der Waals surface area contributed by atoms with E-state index < -0.39 is 5.91 Å². The Balaban J connectivity index is 1.68. The van der Waals surface area contributed by atoms with Crippen molar-refractivity contribution in [3.63, 3.8) is 0 Å². The van der Waals surface area contributed by atoms with Crippen LogP contribution < -0.4 is 21.1 Å². The molecule has 0 radical (unpaired) electrons. The Morgan fingerprint density at radius 2 is 2.00 bits per heavy atom. The number of ether oxygens (including phenoxy) is 1. The molecule has 0 fully saturated rings. The fourth-order valence-electron chi connectivity index (χ4n) is 3.52. The second-order valence-corrected chi connectivity index (χ2v) is 7.77. The largest absolute Gasteiger partial charge is 0.495 e. The first-order valence-corrected chi connectivity index (χ1v) is 10.2. The van der Waals surface area contributed by atoms with E-state index in [-0.39, 0.29) is 11.4 Å². The van der Waals surface area contributed by atoms with E-state index in [1.54, 1.807) is 19.2 Å². The molecular weight excluding hydrogens is 416 g/mol. The molecule has 0 bridgehead atoms. The topological polar surface area (TPSA) is 105 Å². The number of methoxy groups -OCH3 is 1. The van der Waals surface area contributed by atoms with Crippen LogP contribution in [-0.4, -0.2) is 41.5 Å². The van der Waals surface area contributed by atoms with Crippen molar-refractivity contribution in [3.05, 3.63) is 64.3 Å². The van der Waals surface area contributed by atoms with Gasteiger partial charge in [-0.15, -0.1) is 0 Å². The SMILES string of the molecule is COc1cc2c(cc1Nc1ncc(C(N)=O)c(Nc3ccccc3Cl)n1)CN(C)CC2. The maximum absolute atomic E-state index is 11.9. The van der Waals surface area contributed by atoms with Crippen LogP contribution in [0, 0.1) is 0 Å². The third kappa shape index (κ3) is 4.55. The van der Waals surface area contributed by atoms with Gasteiger partial charge in [-0.2, -0.15) is 4.98 Å². The summed E-state index contributed by atoms with van der Waals surface area (Å²) in [6, 6.07) is 11.3. The number of nitrogens with one attached hydrogen (secondary N) is 2. The number of aromatic nitrogens is 2. The van der Waals surface area contributed by atoms with Crippen molar-refractivity contribution >= 4 is 40.6 Å². The summed E-state index contributed by atoms with van der Waals surface area (Å²) in [5, 5.41) is 6.77. The zero-order valence-corrected chi connectivity index (χ0v) is 18.0. The quantitative estimate of drug-likeness (QED) is 0.538. The summed E-state index contributed by atoms with van der Waals surface area (Å²) >= 11 is 6.24.